The third-order valence-corrected chi connectivity index (χ3v) is 4.24. The van der Waals surface area contributed by atoms with Crippen LogP contribution in [0.4, 0.5) is 0 Å². The van der Waals surface area contributed by atoms with E-state index in [1.807, 2.05) is 0 Å². The zero-order valence-corrected chi connectivity index (χ0v) is 14.0. The molecule has 4 rings (SSSR count). The third kappa shape index (κ3) is 3.38. The number of amides is 1. The summed E-state index contributed by atoms with van der Waals surface area (Å²) in [7, 11) is 0. The molecule has 1 fully saturated rings. The molecule has 1 atom stereocenters. The van der Waals surface area contributed by atoms with Crippen molar-refractivity contribution in [2.24, 2.45) is 0 Å². The number of para-hydroxylation sites is 2. The molecular weight excluding hydrogens is 340 g/mol. The molecule has 9 nitrogen and oxygen atoms in total. The Labute approximate surface area is 147 Å². The Morgan fingerprint density at radius 2 is 2.23 bits per heavy atom. The summed E-state index contributed by atoms with van der Waals surface area (Å²) in [6, 6.07) is 6.98. The molecule has 1 aliphatic heterocycles. The van der Waals surface area contributed by atoms with Crippen LogP contribution in [0.5, 0.6) is 0 Å². The van der Waals surface area contributed by atoms with Gasteiger partial charge >= 0.3 is 5.76 Å². The Morgan fingerprint density at radius 3 is 3.08 bits per heavy atom. The molecule has 1 aromatic carbocycles. The summed E-state index contributed by atoms with van der Waals surface area (Å²) < 4.78 is 17.1. The van der Waals surface area contributed by atoms with Crippen molar-refractivity contribution in [2.75, 3.05) is 13.2 Å². The van der Waals surface area contributed by atoms with E-state index >= 15 is 0 Å². The van der Waals surface area contributed by atoms with Gasteiger partial charge < -0.3 is 19.0 Å². The number of hydrogen-bond donors (Lipinski definition) is 1. The summed E-state index contributed by atoms with van der Waals surface area (Å²) in [5, 5.41) is 6.65. The first-order valence-electron chi connectivity index (χ1n) is 8.50. The van der Waals surface area contributed by atoms with Crippen LogP contribution in [-0.4, -0.2) is 33.8 Å². The molecule has 0 bridgehead atoms. The summed E-state index contributed by atoms with van der Waals surface area (Å²) in [5.41, 5.74) is 1.05. The normalized spacial score (nSPS) is 17.0. The van der Waals surface area contributed by atoms with Crippen LogP contribution >= 0.6 is 0 Å². The van der Waals surface area contributed by atoms with E-state index in [0.717, 1.165) is 12.8 Å². The Bertz CT molecular complexity index is 967. The molecule has 1 N–H and O–H groups in total. The maximum atomic E-state index is 12.1. The number of fused-ring (bicyclic) bond motifs is 1. The Hall–Kier alpha value is -2.94. The lowest BCUT2D eigenvalue weighted by Gasteiger charge is -2.04. The zero-order chi connectivity index (χ0) is 17.9. The van der Waals surface area contributed by atoms with E-state index in [1.165, 1.54) is 4.57 Å². The fraction of sp³-hybridized carbons (Fsp3) is 0.412. The first kappa shape index (κ1) is 16.5. The third-order valence-electron chi connectivity index (χ3n) is 4.24. The molecule has 1 aliphatic rings. The molecule has 9 heteroatoms. The highest BCUT2D eigenvalue weighted by Gasteiger charge is 2.23. The maximum absolute atomic E-state index is 12.1. The molecule has 0 spiro atoms. The number of benzene rings is 1. The highest BCUT2D eigenvalue weighted by molar-refractivity contribution is 5.79. The van der Waals surface area contributed by atoms with Gasteiger partial charge in [0.2, 0.25) is 5.91 Å². The predicted molar refractivity (Wildman–Crippen MR) is 89.4 cm³/mol. The first-order valence-corrected chi connectivity index (χ1v) is 8.50. The smallest absolute Gasteiger partial charge is 0.408 e. The number of rotatable bonds is 6. The van der Waals surface area contributed by atoms with E-state index < -0.39 is 5.76 Å². The van der Waals surface area contributed by atoms with Crippen molar-refractivity contribution in [3.05, 3.63) is 46.5 Å². The maximum Gasteiger partial charge on any atom is 0.420 e. The van der Waals surface area contributed by atoms with Crippen LogP contribution in [-0.2, 0) is 22.5 Å². The van der Waals surface area contributed by atoms with E-state index in [0.29, 0.717) is 42.4 Å². The second-order valence-corrected chi connectivity index (χ2v) is 6.07. The van der Waals surface area contributed by atoms with Crippen LogP contribution in [0.1, 0.15) is 30.7 Å². The molecule has 3 aromatic rings. The van der Waals surface area contributed by atoms with Gasteiger partial charge in [-0.25, -0.2) is 4.79 Å². The van der Waals surface area contributed by atoms with Gasteiger partial charge in [0.25, 0.3) is 5.89 Å². The highest BCUT2D eigenvalue weighted by atomic mass is 16.5. The van der Waals surface area contributed by atoms with Crippen LogP contribution in [0.25, 0.3) is 11.1 Å². The summed E-state index contributed by atoms with van der Waals surface area (Å²) >= 11 is 0. The Morgan fingerprint density at radius 1 is 1.35 bits per heavy atom. The van der Waals surface area contributed by atoms with Gasteiger partial charge in [-0.2, -0.15) is 4.98 Å². The van der Waals surface area contributed by atoms with Crippen molar-refractivity contribution >= 4 is 17.0 Å². The van der Waals surface area contributed by atoms with Gasteiger partial charge in [-0.1, -0.05) is 17.3 Å². The minimum Gasteiger partial charge on any atom is -0.408 e. The second kappa shape index (κ2) is 7.12. The van der Waals surface area contributed by atoms with Crippen molar-refractivity contribution in [1.29, 1.82) is 0 Å². The lowest BCUT2D eigenvalue weighted by atomic mass is 10.2. The van der Waals surface area contributed by atoms with Crippen LogP contribution in [0.15, 0.2) is 38.0 Å². The van der Waals surface area contributed by atoms with E-state index in [1.54, 1.807) is 24.3 Å². The average molecular weight is 358 g/mol. The Kier molecular flexibility index (Phi) is 4.53. The number of oxazole rings is 1. The number of aromatic nitrogens is 3. The zero-order valence-electron chi connectivity index (χ0n) is 14.0. The van der Waals surface area contributed by atoms with Crippen molar-refractivity contribution in [3.63, 3.8) is 0 Å². The quantitative estimate of drug-likeness (QED) is 0.704. The standard InChI is InChI=1S/C17H18N4O5/c22-15(10-21-11-4-1-2-5-12(11)25-17(21)23)18-8-7-14-19-16(26-20-14)13-6-3-9-24-13/h1-2,4-5,13H,3,6-10H2,(H,18,22)/t13-/m1/s1. The molecule has 136 valence electrons. The summed E-state index contributed by atoms with van der Waals surface area (Å²) in [4.78, 5) is 28.3. The number of nitrogens with zero attached hydrogens (tertiary/aromatic N) is 3. The number of carbonyl (C=O) groups excluding carboxylic acids is 1. The summed E-state index contributed by atoms with van der Waals surface area (Å²) in [5.74, 6) is 0.157. The molecule has 1 amide bonds. The molecule has 0 radical (unpaired) electrons. The minimum absolute atomic E-state index is 0.108. The topological polar surface area (TPSA) is 112 Å². The highest BCUT2D eigenvalue weighted by Crippen LogP contribution is 2.26. The number of carbonyl (C=O) groups is 1. The van der Waals surface area contributed by atoms with Gasteiger partial charge in [0, 0.05) is 19.6 Å². The van der Waals surface area contributed by atoms with Crippen molar-refractivity contribution in [2.45, 2.75) is 31.9 Å². The minimum atomic E-state index is -0.555. The van der Waals surface area contributed by atoms with Crippen LogP contribution < -0.4 is 11.1 Å². The Balaban J connectivity index is 1.31. The number of nitrogens with one attached hydrogen (secondary N) is 1. The average Bonchev–Trinajstić information content (AvgIpc) is 3.36. The molecule has 2 aromatic heterocycles. The van der Waals surface area contributed by atoms with Gasteiger partial charge in [-0.3, -0.25) is 9.36 Å². The largest absolute Gasteiger partial charge is 0.420 e. The van der Waals surface area contributed by atoms with Crippen LogP contribution in [0, 0.1) is 0 Å². The van der Waals surface area contributed by atoms with E-state index in [9.17, 15) is 9.59 Å². The monoisotopic (exact) mass is 358 g/mol. The van der Waals surface area contributed by atoms with E-state index in [-0.39, 0.29) is 18.6 Å². The van der Waals surface area contributed by atoms with Gasteiger partial charge in [-0.15, -0.1) is 0 Å². The molecule has 0 aliphatic carbocycles. The second-order valence-electron chi connectivity index (χ2n) is 6.07. The number of ether oxygens (including phenoxy) is 1. The van der Waals surface area contributed by atoms with E-state index in [2.05, 4.69) is 15.5 Å². The van der Waals surface area contributed by atoms with Gasteiger partial charge in [0.05, 0.1) is 5.52 Å². The van der Waals surface area contributed by atoms with Crippen molar-refractivity contribution in [3.8, 4) is 0 Å². The molecular formula is C17H18N4O5. The predicted octanol–water partition coefficient (Wildman–Crippen LogP) is 1.19. The van der Waals surface area contributed by atoms with Gasteiger partial charge in [0.1, 0.15) is 12.6 Å². The lowest BCUT2D eigenvalue weighted by Crippen LogP contribution is -2.32. The molecule has 0 saturated carbocycles. The SMILES string of the molecule is O=C(Cn1c(=O)oc2ccccc21)NCCc1noc([C@H]2CCCO2)n1. The fourth-order valence-corrected chi connectivity index (χ4v) is 2.95. The summed E-state index contributed by atoms with van der Waals surface area (Å²) in [6.07, 6.45) is 2.18. The molecule has 3 heterocycles. The van der Waals surface area contributed by atoms with Crippen LogP contribution in [0.2, 0.25) is 0 Å². The fourth-order valence-electron chi connectivity index (χ4n) is 2.95. The summed E-state index contributed by atoms with van der Waals surface area (Å²) in [6.45, 7) is 0.942. The van der Waals surface area contributed by atoms with Crippen molar-refractivity contribution in [1.82, 2.24) is 20.0 Å². The van der Waals surface area contributed by atoms with Gasteiger partial charge in [-0.05, 0) is 25.0 Å². The van der Waals surface area contributed by atoms with E-state index in [4.69, 9.17) is 13.7 Å². The van der Waals surface area contributed by atoms with Gasteiger partial charge in [0.15, 0.2) is 11.4 Å². The van der Waals surface area contributed by atoms with Crippen LogP contribution in [0.3, 0.4) is 0 Å². The molecule has 26 heavy (non-hydrogen) atoms. The molecule has 1 saturated heterocycles. The number of hydrogen-bond acceptors (Lipinski definition) is 7. The lowest BCUT2D eigenvalue weighted by molar-refractivity contribution is -0.121. The molecule has 0 unspecified atom stereocenters. The van der Waals surface area contributed by atoms with Crippen molar-refractivity contribution < 1.29 is 18.5 Å². The first-order chi connectivity index (χ1) is 12.7.